The average molecular weight is 133 g/mol. The minimum Gasteiger partial charge on any atom is -0.273 e. The largest absolute Gasteiger partial charge is 0.273 e. The van der Waals surface area contributed by atoms with Gasteiger partial charge in [0.15, 0.2) is 0 Å². The Bertz CT molecular complexity index is 125. The third-order valence-electron chi connectivity index (χ3n) is 0.457. The molecular formula is C2H3N3S2. The minimum atomic E-state index is 0.944. The number of nitrogens with zero attached hydrogens (tertiary/aromatic N) is 2. The predicted molar refractivity (Wildman–Crippen MR) is 30.0 cm³/mol. The Labute approximate surface area is 49.2 Å². The zero-order chi connectivity index (χ0) is 5.11. The molecule has 5 heteroatoms. The van der Waals surface area contributed by atoms with Gasteiger partial charge in [0.1, 0.15) is 4.21 Å². The maximum atomic E-state index is 5.14. The maximum absolute atomic E-state index is 5.14. The second-order valence-corrected chi connectivity index (χ2v) is 2.57. The lowest BCUT2D eigenvalue weighted by atomic mass is 11.0. The number of hydrogen-bond donors (Lipinski definition) is 1. The summed E-state index contributed by atoms with van der Waals surface area (Å²) in [6.07, 6.45) is 1.63. The van der Waals surface area contributed by atoms with E-state index >= 15 is 0 Å². The van der Waals surface area contributed by atoms with Crippen molar-refractivity contribution in [1.82, 2.24) is 9.59 Å². The lowest BCUT2D eigenvalue weighted by Crippen LogP contribution is -1.70. The molecule has 0 aliphatic carbocycles. The zero-order valence-corrected chi connectivity index (χ0v) is 5.00. The van der Waals surface area contributed by atoms with E-state index < -0.39 is 0 Å². The molecule has 0 fully saturated rings. The van der Waals surface area contributed by atoms with Gasteiger partial charge in [0.25, 0.3) is 0 Å². The number of aromatic nitrogens is 2. The van der Waals surface area contributed by atoms with Gasteiger partial charge in [-0.1, -0.05) is 4.49 Å². The first-order valence-electron chi connectivity index (χ1n) is 1.57. The van der Waals surface area contributed by atoms with Crippen LogP contribution in [0.4, 0.5) is 0 Å². The summed E-state index contributed by atoms with van der Waals surface area (Å²) in [6, 6.07) is 0. The highest BCUT2D eigenvalue weighted by atomic mass is 32.2. The van der Waals surface area contributed by atoms with E-state index in [1.54, 1.807) is 6.20 Å². The van der Waals surface area contributed by atoms with Crippen LogP contribution in [0.3, 0.4) is 0 Å². The summed E-state index contributed by atoms with van der Waals surface area (Å²) in [4.78, 5) is 0. The monoisotopic (exact) mass is 133 g/mol. The van der Waals surface area contributed by atoms with Crippen molar-refractivity contribution in [3.63, 3.8) is 0 Å². The smallest absolute Gasteiger partial charge is 0.116 e. The lowest BCUT2D eigenvalue weighted by molar-refractivity contribution is 1.15. The van der Waals surface area contributed by atoms with Crippen molar-refractivity contribution in [2.75, 3.05) is 0 Å². The van der Waals surface area contributed by atoms with Gasteiger partial charge in [-0.2, -0.15) is 0 Å². The highest BCUT2D eigenvalue weighted by molar-refractivity contribution is 7.98. The van der Waals surface area contributed by atoms with E-state index in [9.17, 15) is 0 Å². The van der Waals surface area contributed by atoms with Gasteiger partial charge in [-0.3, -0.25) is 5.14 Å². The molecule has 1 aromatic rings. The molecule has 0 unspecified atom stereocenters. The molecule has 1 aromatic heterocycles. The van der Waals surface area contributed by atoms with Gasteiger partial charge >= 0.3 is 0 Å². The maximum Gasteiger partial charge on any atom is 0.116 e. The molecule has 1 rings (SSSR count). The standard InChI is InChI=1S/C2H3N3S2/c3-6-2-1-4-5-7-2/h1H,3H2. The third kappa shape index (κ3) is 1.12. The Morgan fingerprint density at radius 3 is 3.00 bits per heavy atom. The summed E-state index contributed by atoms with van der Waals surface area (Å²) in [6.45, 7) is 0. The van der Waals surface area contributed by atoms with Crippen molar-refractivity contribution >= 4 is 23.5 Å². The highest BCUT2D eigenvalue weighted by Crippen LogP contribution is 2.11. The van der Waals surface area contributed by atoms with E-state index in [2.05, 4.69) is 9.59 Å². The van der Waals surface area contributed by atoms with Gasteiger partial charge in [0.05, 0.1) is 6.20 Å². The summed E-state index contributed by atoms with van der Waals surface area (Å²) in [5.41, 5.74) is 0. The number of nitrogens with two attached hydrogens (primary N) is 1. The normalized spacial score (nSPS) is 9.29. The Balaban J connectivity index is 2.76. The van der Waals surface area contributed by atoms with Crippen molar-refractivity contribution in [3.05, 3.63) is 6.20 Å². The second-order valence-electron chi connectivity index (χ2n) is 0.854. The van der Waals surface area contributed by atoms with Gasteiger partial charge in [-0.15, -0.1) is 5.10 Å². The van der Waals surface area contributed by atoms with Gasteiger partial charge < -0.3 is 0 Å². The molecule has 0 amide bonds. The summed E-state index contributed by atoms with van der Waals surface area (Å²) < 4.78 is 4.53. The van der Waals surface area contributed by atoms with Crippen molar-refractivity contribution in [3.8, 4) is 0 Å². The lowest BCUT2D eigenvalue weighted by Gasteiger charge is -1.74. The SMILES string of the molecule is NSc1cnns1. The van der Waals surface area contributed by atoms with Crippen molar-refractivity contribution in [2.45, 2.75) is 4.21 Å². The fraction of sp³-hybridized carbons (Fsp3) is 0. The average Bonchev–Trinajstić information content (AvgIpc) is 2.14. The molecule has 0 saturated heterocycles. The van der Waals surface area contributed by atoms with E-state index in [-0.39, 0.29) is 0 Å². The molecular weight excluding hydrogens is 130 g/mol. The van der Waals surface area contributed by atoms with Gasteiger partial charge in [0.2, 0.25) is 0 Å². The van der Waals surface area contributed by atoms with Crippen LogP contribution in [0.5, 0.6) is 0 Å². The molecule has 0 spiro atoms. The zero-order valence-electron chi connectivity index (χ0n) is 3.37. The van der Waals surface area contributed by atoms with Crippen molar-refractivity contribution < 1.29 is 0 Å². The van der Waals surface area contributed by atoms with Gasteiger partial charge in [0, 0.05) is 0 Å². The van der Waals surface area contributed by atoms with E-state index in [1.807, 2.05) is 0 Å². The molecule has 3 nitrogen and oxygen atoms in total. The van der Waals surface area contributed by atoms with E-state index in [0.29, 0.717) is 0 Å². The molecule has 0 radical (unpaired) electrons. The van der Waals surface area contributed by atoms with Crippen LogP contribution in [-0.4, -0.2) is 9.59 Å². The first-order valence-corrected chi connectivity index (χ1v) is 3.23. The molecule has 38 valence electrons. The molecule has 0 aliphatic heterocycles. The van der Waals surface area contributed by atoms with E-state index in [4.69, 9.17) is 5.14 Å². The summed E-state index contributed by atoms with van der Waals surface area (Å²) in [7, 11) is 0. The molecule has 2 N–H and O–H groups in total. The molecule has 7 heavy (non-hydrogen) atoms. The second kappa shape index (κ2) is 2.25. The van der Waals surface area contributed by atoms with Crippen molar-refractivity contribution in [2.24, 2.45) is 5.14 Å². The van der Waals surface area contributed by atoms with E-state index in [0.717, 1.165) is 4.21 Å². The predicted octanol–water partition coefficient (Wildman–Crippen LogP) is 0.504. The van der Waals surface area contributed by atoms with Crippen LogP contribution >= 0.6 is 23.5 Å². The first kappa shape index (κ1) is 5.02. The Hall–Kier alpha value is -0.130. The molecule has 0 bridgehead atoms. The Kier molecular flexibility index (Phi) is 1.61. The number of rotatable bonds is 1. The van der Waals surface area contributed by atoms with Crippen LogP contribution in [-0.2, 0) is 0 Å². The summed E-state index contributed by atoms with van der Waals surface area (Å²) >= 11 is 2.47. The van der Waals surface area contributed by atoms with Gasteiger partial charge in [-0.05, 0) is 23.5 Å². The van der Waals surface area contributed by atoms with Crippen LogP contribution in [0.2, 0.25) is 0 Å². The Morgan fingerprint density at radius 1 is 1.86 bits per heavy atom. The molecule has 0 aromatic carbocycles. The van der Waals surface area contributed by atoms with E-state index in [1.165, 1.54) is 23.5 Å². The topological polar surface area (TPSA) is 51.8 Å². The first-order chi connectivity index (χ1) is 3.43. The fourth-order valence-electron chi connectivity index (χ4n) is 0.210. The highest BCUT2D eigenvalue weighted by Gasteiger charge is 1.87. The molecule has 1 heterocycles. The summed E-state index contributed by atoms with van der Waals surface area (Å²) in [5, 5.41) is 8.70. The van der Waals surface area contributed by atoms with Crippen LogP contribution in [0.1, 0.15) is 0 Å². The van der Waals surface area contributed by atoms with Crippen LogP contribution in [0.25, 0.3) is 0 Å². The Morgan fingerprint density at radius 2 is 2.71 bits per heavy atom. The summed E-state index contributed by atoms with van der Waals surface area (Å²) in [5.74, 6) is 0. The van der Waals surface area contributed by atoms with Gasteiger partial charge in [-0.25, -0.2) is 0 Å². The molecule has 0 aliphatic rings. The van der Waals surface area contributed by atoms with Crippen LogP contribution in [0.15, 0.2) is 10.4 Å². The van der Waals surface area contributed by atoms with Crippen LogP contribution < -0.4 is 5.14 Å². The molecule has 0 atom stereocenters. The van der Waals surface area contributed by atoms with Crippen molar-refractivity contribution in [1.29, 1.82) is 0 Å². The molecule has 0 saturated carbocycles. The third-order valence-corrected chi connectivity index (χ3v) is 1.77. The minimum absolute atomic E-state index is 0.944. The fourth-order valence-corrected chi connectivity index (χ4v) is 0.859. The van der Waals surface area contributed by atoms with Crippen LogP contribution in [0, 0.1) is 0 Å². The quantitative estimate of drug-likeness (QED) is 0.567. The number of hydrogen-bond acceptors (Lipinski definition) is 5.